The minimum Gasteiger partial charge on any atom is -0.545 e. The Morgan fingerprint density at radius 1 is 1.07 bits per heavy atom. The van der Waals surface area contributed by atoms with Gasteiger partial charge >= 0.3 is 0 Å². The fourth-order valence-corrected chi connectivity index (χ4v) is 4.39. The van der Waals surface area contributed by atoms with Gasteiger partial charge < -0.3 is 14.8 Å². The highest BCUT2D eigenvalue weighted by Crippen LogP contribution is 2.41. The molecule has 30 heavy (non-hydrogen) atoms. The predicted molar refractivity (Wildman–Crippen MR) is 113 cm³/mol. The number of aromatic carboxylic acids is 1. The molecule has 3 aromatic carbocycles. The van der Waals surface area contributed by atoms with Crippen molar-refractivity contribution in [2.75, 3.05) is 11.4 Å². The fourth-order valence-electron chi connectivity index (χ4n) is 4.39. The van der Waals surface area contributed by atoms with Crippen molar-refractivity contribution in [3.63, 3.8) is 0 Å². The van der Waals surface area contributed by atoms with Gasteiger partial charge in [0, 0.05) is 28.7 Å². The zero-order valence-electron chi connectivity index (χ0n) is 16.4. The topological polar surface area (TPSA) is 56.3 Å². The van der Waals surface area contributed by atoms with Crippen molar-refractivity contribution in [3.8, 4) is 11.1 Å². The summed E-state index contributed by atoms with van der Waals surface area (Å²) < 4.78 is 13.8. The summed E-state index contributed by atoms with van der Waals surface area (Å²) in [5, 5.41) is 12.2. The number of benzene rings is 3. The Hall–Kier alpha value is -3.73. The van der Waals surface area contributed by atoms with E-state index in [1.54, 1.807) is 6.92 Å². The van der Waals surface area contributed by atoms with Gasteiger partial charge in [-0.05, 0) is 54.3 Å². The number of carboxylic acid groups (broad SMARTS) is 1. The molecule has 2 heterocycles. The van der Waals surface area contributed by atoms with Crippen LogP contribution in [0.3, 0.4) is 0 Å². The molecule has 0 spiro atoms. The molecular formula is C25H18FN2O2-. The number of rotatable bonds is 3. The lowest BCUT2D eigenvalue weighted by Gasteiger charge is -2.24. The largest absolute Gasteiger partial charge is 0.545 e. The zero-order chi connectivity index (χ0) is 20.8. The Balaban J connectivity index is 1.70. The van der Waals surface area contributed by atoms with Crippen molar-refractivity contribution in [3.05, 3.63) is 89.2 Å². The first-order valence-electron chi connectivity index (χ1n) is 9.80. The normalized spacial score (nSPS) is 12.9. The SMILES string of the molecule is Cc1c(N2CCc3c(-c4ccccc4)cccc32)nc2ccc(F)cc2c1C(=O)[O-]. The molecule has 0 bridgehead atoms. The maximum Gasteiger partial charge on any atom is 0.137 e. The third kappa shape index (κ3) is 2.82. The van der Waals surface area contributed by atoms with Gasteiger partial charge in [-0.25, -0.2) is 9.37 Å². The van der Waals surface area contributed by atoms with Crippen molar-refractivity contribution < 1.29 is 14.3 Å². The number of carbonyl (C=O) groups is 1. The van der Waals surface area contributed by atoms with E-state index in [9.17, 15) is 14.3 Å². The second-order valence-electron chi connectivity index (χ2n) is 7.46. The number of carboxylic acids is 1. The van der Waals surface area contributed by atoms with Gasteiger partial charge in [0.25, 0.3) is 0 Å². The molecule has 0 fully saturated rings. The minimum atomic E-state index is -1.33. The van der Waals surface area contributed by atoms with Gasteiger partial charge in [0.1, 0.15) is 11.6 Å². The molecule has 5 rings (SSSR count). The van der Waals surface area contributed by atoms with Gasteiger partial charge in [0.2, 0.25) is 0 Å². The molecule has 0 amide bonds. The van der Waals surface area contributed by atoms with Crippen LogP contribution in [-0.2, 0) is 6.42 Å². The number of pyridine rings is 1. The molecule has 0 aliphatic carbocycles. The number of aromatic nitrogens is 1. The van der Waals surface area contributed by atoms with Gasteiger partial charge in [-0.2, -0.15) is 0 Å². The molecule has 5 heteroatoms. The Morgan fingerprint density at radius 3 is 2.63 bits per heavy atom. The van der Waals surface area contributed by atoms with E-state index in [1.807, 2.05) is 35.2 Å². The first-order valence-corrected chi connectivity index (χ1v) is 9.80. The monoisotopic (exact) mass is 397 g/mol. The van der Waals surface area contributed by atoms with Crippen molar-refractivity contribution >= 4 is 28.4 Å². The molecule has 0 saturated heterocycles. The van der Waals surface area contributed by atoms with Crippen LogP contribution in [0.15, 0.2) is 66.7 Å². The van der Waals surface area contributed by atoms with E-state index in [0.717, 1.165) is 23.2 Å². The van der Waals surface area contributed by atoms with Gasteiger partial charge in [0.05, 0.1) is 11.5 Å². The lowest BCUT2D eigenvalue weighted by Crippen LogP contribution is -2.26. The maximum atomic E-state index is 13.8. The number of hydrogen-bond donors (Lipinski definition) is 0. The lowest BCUT2D eigenvalue weighted by atomic mass is 9.98. The lowest BCUT2D eigenvalue weighted by molar-refractivity contribution is -0.254. The molecule has 0 unspecified atom stereocenters. The van der Waals surface area contributed by atoms with E-state index >= 15 is 0 Å². The molecule has 1 aromatic heterocycles. The van der Waals surface area contributed by atoms with Crippen LogP contribution < -0.4 is 10.0 Å². The molecule has 0 saturated carbocycles. The van der Waals surface area contributed by atoms with Gasteiger partial charge in [-0.15, -0.1) is 0 Å². The molecule has 0 radical (unpaired) electrons. The molecular weight excluding hydrogens is 379 g/mol. The van der Waals surface area contributed by atoms with Crippen LogP contribution in [0.4, 0.5) is 15.9 Å². The standard InChI is InChI=1S/C25H19FN2O2/c1-15-23(25(29)30)20-14-17(26)10-11-21(20)27-24(15)28-13-12-19-18(8-5-9-22(19)28)16-6-3-2-4-7-16/h2-11,14H,12-13H2,1H3,(H,29,30)/p-1. The van der Waals surface area contributed by atoms with Gasteiger partial charge in [-0.1, -0.05) is 42.5 Å². The minimum absolute atomic E-state index is 0.0119. The quantitative estimate of drug-likeness (QED) is 0.514. The number of hydrogen-bond acceptors (Lipinski definition) is 4. The average Bonchev–Trinajstić information content (AvgIpc) is 3.17. The number of fused-ring (bicyclic) bond motifs is 2. The summed E-state index contributed by atoms with van der Waals surface area (Å²) in [6.07, 6.45) is 0.823. The number of anilines is 2. The molecule has 148 valence electrons. The maximum absolute atomic E-state index is 13.8. The second kappa shape index (κ2) is 6.95. The summed E-state index contributed by atoms with van der Waals surface area (Å²) in [4.78, 5) is 18.7. The van der Waals surface area contributed by atoms with E-state index in [4.69, 9.17) is 4.98 Å². The van der Waals surface area contributed by atoms with Crippen LogP contribution in [0, 0.1) is 12.7 Å². The Labute approximate surface area is 173 Å². The van der Waals surface area contributed by atoms with Crippen molar-refractivity contribution in [1.29, 1.82) is 0 Å². The highest BCUT2D eigenvalue weighted by molar-refractivity contribution is 6.04. The Morgan fingerprint density at radius 2 is 1.87 bits per heavy atom. The van der Waals surface area contributed by atoms with E-state index in [-0.39, 0.29) is 10.9 Å². The van der Waals surface area contributed by atoms with Crippen LogP contribution in [0.25, 0.3) is 22.0 Å². The molecule has 0 N–H and O–H groups in total. The van der Waals surface area contributed by atoms with E-state index in [0.29, 0.717) is 23.4 Å². The van der Waals surface area contributed by atoms with E-state index < -0.39 is 11.8 Å². The number of halogens is 1. The molecule has 4 nitrogen and oxygen atoms in total. The van der Waals surface area contributed by atoms with E-state index in [1.165, 1.54) is 23.8 Å². The van der Waals surface area contributed by atoms with Crippen molar-refractivity contribution in [2.45, 2.75) is 13.3 Å². The summed E-state index contributed by atoms with van der Waals surface area (Å²) >= 11 is 0. The Bertz CT molecular complexity index is 1300. The zero-order valence-corrected chi connectivity index (χ0v) is 16.4. The fraction of sp³-hybridized carbons (Fsp3) is 0.120. The highest BCUT2D eigenvalue weighted by atomic mass is 19.1. The van der Waals surface area contributed by atoms with Crippen LogP contribution in [-0.4, -0.2) is 17.5 Å². The van der Waals surface area contributed by atoms with Crippen molar-refractivity contribution in [1.82, 2.24) is 4.98 Å². The first kappa shape index (κ1) is 18.3. The van der Waals surface area contributed by atoms with Crippen LogP contribution >= 0.6 is 0 Å². The average molecular weight is 397 g/mol. The summed E-state index contributed by atoms with van der Waals surface area (Å²) in [5.41, 5.74) is 5.43. The molecule has 0 atom stereocenters. The number of nitrogens with zero attached hydrogens (tertiary/aromatic N) is 2. The molecule has 1 aliphatic rings. The van der Waals surface area contributed by atoms with E-state index in [2.05, 4.69) is 18.2 Å². The van der Waals surface area contributed by atoms with Gasteiger partial charge in [-0.3, -0.25) is 0 Å². The highest BCUT2D eigenvalue weighted by Gasteiger charge is 2.27. The Kier molecular flexibility index (Phi) is 4.24. The smallest absolute Gasteiger partial charge is 0.137 e. The summed E-state index contributed by atoms with van der Waals surface area (Å²) in [7, 11) is 0. The third-order valence-electron chi connectivity index (χ3n) is 5.74. The van der Waals surface area contributed by atoms with Crippen LogP contribution in [0.2, 0.25) is 0 Å². The summed E-state index contributed by atoms with van der Waals surface area (Å²) in [6, 6.07) is 20.3. The number of carbonyl (C=O) groups excluding carboxylic acids is 1. The first-order chi connectivity index (χ1) is 14.5. The summed E-state index contributed by atoms with van der Waals surface area (Å²) in [5.74, 6) is -1.26. The second-order valence-corrected chi connectivity index (χ2v) is 7.46. The molecule has 1 aliphatic heterocycles. The third-order valence-corrected chi connectivity index (χ3v) is 5.74. The van der Waals surface area contributed by atoms with Crippen LogP contribution in [0.1, 0.15) is 21.5 Å². The van der Waals surface area contributed by atoms with Gasteiger partial charge in [0.15, 0.2) is 0 Å². The predicted octanol–water partition coefficient (Wildman–Crippen LogP) is 4.41. The van der Waals surface area contributed by atoms with Crippen molar-refractivity contribution in [2.24, 2.45) is 0 Å². The summed E-state index contributed by atoms with van der Waals surface area (Å²) in [6.45, 7) is 2.39. The van der Waals surface area contributed by atoms with Crippen LogP contribution in [0.5, 0.6) is 0 Å². The molecule has 4 aromatic rings.